The standard InChI is InChI=1S/C16H24BrNO/c1-3-18-16(10-13-6-8-19-9-7-13)14-5-4-12(2)15(17)11-14/h4-5,11,13,16,18H,3,6-10H2,1-2H3. The molecular weight excluding hydrogens is 302 g/mol. The minimum Gasteiger partial charge on any atom is -0.381 e. The first-order chi connectivity index (χ1) is 9.20. The zero-order valence-electron chi connectivity index (χ0n) is 11.9. The van der Waals surface area contributed by atoms with E-state index in [9.17, 15) is 0 Å². The molecule has 2 nitrogen and oxygen atoms in total. The van der Waals surface area contributed by atoms with Crippen molar-refractivity contribution < 1.29 is 4.74 Å². The third kappa shape index (κ3) is 4.30. The number of hydrogen-bond acceptors (Lipinski definition) is 2. The van der Waals surface area contributed by atoms with Gasteiger partial charge in [0.05, 0.1) is 0 Å². The van der Waals surface area contributed by atoms with Crippen molar-refractivity contribution in [3.05, 3.63) is 33.8 Å². The highest BCUT2D eigenvalue weighted by molar-refractivity contribution is 9.10. The van der Waals surface area contributed by atoms with Gasteiger partial charge in [0.2, 0.25) is 0 Å². The van der Waals surface area contributed by atoms with Crippen molar-refractivity contribution in [3.63, 3.8) is 0 Å². The van der Waals surface area contributed by atoms with Gasteiger partial charge in [-0.05, 0) is 55.8 Å². The van der Waals surface area contributed by atoms with Crippen LogP contribution in [-0.2, 0) is 4.74 Å². The van der Waals surface area contributed by atoms with Crippen molar-refractivity contribution in [1.82, 2.24) is 5.32 Å². The Hall–Kier alpha value is -0.380. The van der Waals surface area contributed by atoms with E-state index in [-0.39, 0.29) is 0 Å². The first kappa shape index (κ1) is 15.0. The van der Waals surface area contributed by atoms with Gasteiger partial charge in [0.1, 0.15) is 0 Å². The van der Waals surface area contributed by atoms with Crippen LogP contribution in [0.3, 0.4) is 0 Å². The molecule has 1 aliphatic heterocycles. The fraction of sp³-hybridized carbons (Fsp3) is 0.625. The van der Waals surface area contributed by atoms with E-state index in [1.165, 1.54) is 34.9 Å². The van der Waals surface area contributed by atoms with Crippen molar-refractivity contribution >= 4 is 15.9 Å². The van der Waals surface area contributed by atoms with Gasteiger partial charge in [0.15, 0.2) is 0 Å². The van der Waals surface area contributed by atoms with Crippen LogP contribution in [0.5, 0.6) is 0 Å². The Labute approximate surface area is 125 Å². The first-order valence-corrected chi connectivity index (χ1v) is 8.07. The van der Waals surface area contributed by atoms with Crippen LogP contribution >= 0.6 is 15.9 Å². The molecule has 19 heavy (non-hydrogen) atoms. The zero-order chi connectivity index (χ0) is 13.7. The van der Waals surface area contributed by atoms with Crippen molar-refractivity contribution in [1.29, 1.82) is 0 Å². The lowest BCUT2D eigenvalue weighted by Crippen LogP contribution is -2.26. The van der Waals surface area contributed by atoms with Gasteiger partial charge in [-0.25, -0.2) is 0 Å². The summed E-state index contributed by atoms with van der Waals surface area (Å²) in [6.45, 7) is 7.19. The van der Waals surface area contributed by atoms with Crippen molar-refractivity contribution in [2.75, 3.05) is 19.8 Å². The van der Waals surface area contributed by atoms with Gasteiger partial charge in [0.25, 0.3) is 0 Å². The topological polar surface area (TPSA) is 21.3 Å². The summed E-state index contributed by atoms with van der Waals surface area (Å²) in [4.78, 5) is 0. The molecule has 0 aliphatic carbocycles. The molecule has 1 fully saturated rings. The number of nitrogens with one attached hydrogen (secondary N) is 1. The van der Waals surface area contributed by atoms with Gasteiger partial charge in [-0.1, -0.05) is 35.0 Å². The van der Waals surface area contributed by atoms with Crippen LogP contribution in [0, 0.1) is 12.8 Å². The third-order valence-electron chi connectivity index (χ3n) is 3.96. The Morgan fingerprint density at radius 2 is 2.11 bits per heavy atom. The lowest BCUT2D eigenvalue weighted by atomic mass is 9.89. The molecule has 0 bridgehead atoms. The molecule has 2 rings (SSSR count). The normalized spacial score (nSPS) is 18.5. The van der Waals surface area contributed by atoms with Crippen LogP contribution in [-0.4, -0.2) is 19.8 Å². The molecule has 0 spiro atoms. The first-order valence-electron chi connectivity index (χ1n) is 7.28. The molecule has 1 unspecified atom stereocenters. The Bertz CT molecular complexity index is 402. The zero-order valence-corrected chi connectivity index (χ0v) is 13.5. The second-order valence-corrected chi connectivity index (χ2v) is 6.26. The molecule has 106 valence electrons. The average Bonchev–Trinajstić information content (AvgIpc) is 2.43. The van der Waals surface area contributed by atoms with E-state index >= 15 is 0 Å². The van der Waals surface area contributed by atoms with Gasteiger partial charge < -0.3 is 10.1 Å². The number of ether oxygens (including phenoxy) is 1. The Kier molecular flexibility index (Phi) is 5.86. The molecule has 0 amide bonds. The predicted molar refractivity (Wildman–Crippen MR) is 83.5 cm³/mol. The second kappa shape index (κ2) is 7.41. The summed E-state index contributed by atoms with van der Waals surface area (Å²) in [5.74, 6) is 0.790. The quantitative estimate of drug-likeness (QED) is 0.874. The highest BCUT2D eigenvalue weighted by Crippen LogP contribution is 2.29. The monoisotopic (exact) mass is 325 g/mol. The largest absolute Gasteiger partial charge is 0.381 e. The highest BCUT2D eigenvalue weighted by Gasteiger charge is 2.20. The van der Waals surface area contributed by atoms with Gasteiger partial charge >= 0.3 is 0 Å². The fourth-order valence-corrected chi connectivity index (χ4v) is 3.12. The molecule has 1 aromatic rings. The van der Waals surface area contributed by atoms with Gasteiger partial charge in [-0.2, -0.15) is 0 Å². The number of benzene rings is 1. The van der Waals surface area contributed by atoms with Crippen molar-refractivity contribution in [2.45, 2.75) is 39.2 Å². The van der Waals surface area contributed by atoms with Crippen molar-refractivity contribution in [3.8, 4) is 0 Å². The van der Waals surface area contributed by atoms with Crippen LogP contribution in [0.1, 0.15) is 43.4 Å². The average molecular weight is 326 g/mol. The lowest BCUT2D eigenvalue weighted by molar-refractivity contribution is 0.0606. The predicted octanol–water partition coefficient (Wildman–Crippen LogP) is 4.22. The van der Waals surface area contributed by atoms with Crippen LogP contribution in [0.15, 0.2) is 22.7 Å². The summed E-state index contributed by atoms with van der Waals surface area (Å²) >= 11 is 3.64. The maximum Gasteiger partial charge on any atom is 0.0468 e. The molecule has 0 saturated carbocycles. The van der Waals surface area contributed by atoms with E-state index in [4.69, 9.17) is 4.74 Å². The Morgan fingerprint density at radius 1 is 1.37 bits per heavy atom. The molecule has 1 N–H and O–H groups in total. The maximum absolute atomic E-state index is 5.45. The van der Waals surface area contributed by atoms with Crippen molar-refractivity contribution in [2.24, 2.45) is 5.92 Å². The molecule has 0 aromatic heterocycles. The van der Waals surface area contributed by atoms with Gasteiger partial charge in [0, 0.05) is 23.7 Å². The van der Waals surface area contributed by atoms with E-state index in [1.807, 2.05) is 0 Å². The minimum atomic E-state index is 0.463. The fourth-order valence-electron chi connectivity index (χ4n) is 2.72. The summed E-state index contributed by atoms with van der Waals surface area (Å²) in [5, 5.41) is 3.63. The highest BCUT2D eigenvalue weighted by atomic mass is 79.9. The van der Waals surface area contributed by atoms with Crippen LogP contribution in [0.2, 0.25) is 0 Å². The molecule has 0 radical (unpaired) electrons. The lowest BCUT2D eigenvalue weighted by Gasteiger charge is -2.27. The Balaban J connectivity index is 2.07. The second-order valence-electron chi connectivity index (χ2n) is 5.41. The summed E-state index contributed by atoms with van der Waals surface area (Å²) < 4.78 is 6.66. The number of rotatable bonds is 5. The van der Waals surface area contributed by atoms with E-state index in [0.717, 1.165) is 25.7 Å². The van der Waals surface area contributed by atoms with E-state index < -0.39 is 0 Å². The van der Waals surface area contributed by atoms with E-state index in [2.05, 4.69) is 53.3 Å². The number of hydrogen-bond donors (Lipinski definition) is 1. The minimum absolute atomic E-state index is 0.463. The smallest absolute Gasteiger partial charge is 0.0468 e. The molecule has 1 aliphatic rings. The molecule has 3 heteroatoms. The SMILES string of the molecule is CCNC(CC1CCOCC1)c1ccc(C)c(Br)c1. The molecule has 1 heterocycles. The number of aryl methyl sites for hydroxylation is 1. The van der Waals surface area contributed by atoms with Gasteiger partial charge in [-0.15, -0.1) is 0 Å². The summed E-state index contributed by atoms with van der Waals surface area (Å²) in [5.41, 5.74) is 2.69. The third-order valence-corrected chi connectivity index (χ3v) is 4.81. The molecule has 1 saturated heterocycles. The van der Waals surface area contributed by atoms with Crippen LogP contribution in [0.25, 0.3) is 0 Å². The van der Waals surface area contributed by atoms with Crippen LogP contribution in [0.4, 0.5) is 0 Å². The molecular formula is C16H24BrNO. The van der Waals surface area contributed by atoms with E-state index in [0.29, 0.717) is 6.04 Å². The summed E-state index contributed by atoms with van der Waals surface area (Å²) in [6.07, 6.45) is 3.62. The maximum atomic E-state index is 5.45. The summed E-state index contributed by atoms with van der Waals surface area (Å²) in [7, 11) is 0. The molecule has 1 atom stereocenters. The molecule has 1 aromatic carbocycles. The van der Waals surface area contributed by atoms with Gasteiger partial charge in [-0.3, -0.25) is 0 Å². The van der Waals surface area contributed by atoms with E-state index in [1.54, 1.807) is 0 Å². The Morgan fingerprint density at radius 3 is 2.74 bits per heavy atom. The summed E-state index contributed by atoms with van der Waals surface area (Å²) in [6, 6.07) is 7.19. The number of halogens is 1. The van der Waals surface area contributed by atoms with Crippen LogP contribution < -0.4 is 5.32 Å².